The number of rotatable bonds is 2. The van der Waals surface area contributed by atoms with Crippen LogP contribution in [0.25, 0.3) is 16.9 Å². The van der Waals surface area contributed by atoms with Gasteiger partial charge in [0.25, 0.3) is 0 Å². The molecule has 1 heterocycles. The van der Waals surface area contributed by atoms with Gasteiger partial charge < -0.3 is 0 Å². The van der Waals surface area contributed by atoms with Crippen molar-refractivity contribution in [2.45, 2.75) is 13.8 Å². The largest absolute Gasteiger partial charge is 0.265 e. The third-order valence-electron chi connectivity index (χ3n) is 3.13. The first kappa shape index (κ1) is 14.7. The molecule has 3 rings (SSSR count). The number of aryl methyl sites for hydroxylation is 2. The van der Waals surface area contributed by atoms with Crippen LogP contribution in [0, 0.1) is 19.9 Å². The Balaban J connectivity index is 0.00000147. The minimum Gasteiger partial charge on any atom is -0.265 e. The van der Waals surface area contributed by atoms with Crippen LogP contribution in [0.3, 0.4) is 0 Å². The molecule has 0 radical (unpaired) electrons. The molecule has 3 aromatic rings. The quantitative estimate of drug-likeness (QED) is 0.550. The Labute approximate surface area is 133 Å². The predicted octanol–water partition coefficient (Wildman–Crippen LogP) is 3.95. The van der Waals surface area contributed by atoms with E-state index in [1.165, 1.54) is 11.1 Å². The standard InChI is InChI=1S/C17H15N2.Pt/c1-13-7-6-10-16(11-13)19-12-14(2)17(18-19)15-8-4-3-5-9-15;/h3-9,11-12H,1-2H3;/q-1;. The van der Waals surface area contributed by atoms with Crippen molar-refractivity contribution >= 4 is 0 Å². The fourth-order valence-corrected chi connectivity index (χ4v) is 2.16. The molecule has 1 aromatic heterocycles. The average Bonchev–Trinajstić information content (AvgIpc) is 2.82. The van der Waals surface area contributed by atoms with Crippen LogP contribution in [0.15, 0.2) is 54.7 Å². The Morgan fingerprint density at radius 1 is 1.05 bits per heavy atom. The zero-order chi connectivity index (χ0) is 13.2. The minimum atomic E-state index is 0. The predicted molar refractivity (Wildman–Crippen MR) is 77.3 cm³/mol. The molecule has 0 saturated heterocycles. The van der Waals surface area contributed by atoms with E-state index in [-0.39, 0.29) is 21.1 Å². The molecule has 2 aromatic carbocycles. The molecular weight excluding hydrogens is 427 g/mol. The second kappa shape index (κ2) is 6.19. The van der Waals surface area contributed by atoms with Crippen LogP contribution in [0.4, 0.5) is 0 Å². The van der Waals surface area contributed by atoms with Gasteiger partial charge >= 0.3 is 0 Å². The SMILES string of the molecule is Cc1cc[c-]c(-n2cc(C)c(-c3ccccc3)n2)c1.[Pt]. The van der Waals surface area contributed by atoms with Crippen molar-refractivity contribution in [1.82, 2.24) is 9.78 Å². The molecule has 0 amide bonds. The Hall–Kier alpha value is -1.66. The van der Waals surface area contributed by atoms with Crippen LogP contribution >= 0.6 is 0 Å². The Morgan fingerprint density at radius 2 is 1.80 bits per heavy atom. The van der Waals surface area contributed by atoms with Gasteiger partial charge in [-0.1, -0.05) is 37.3 Å². The summed E-state index contributed by atoms with van der Waals surface area (Å²) in [6.07, 6.45) is 2.05. The first-order valence-electron chi connectivity index (χ1n) is 6.34. The van der Waals surface area contributed by atoms with E-state index in [0.29, 0.717) is 0 Å². The fraction of sp³-hybridized carbons (Fsp3) is 0.118. The van der Waals surface area contributed by atoms with Crippen LogP contribution in [0.2, 0.25) is 0 Å². The second-order valence-electron chi connectivity index (χ2n) is 4.72. The summed E-state index contributed by atoms with van der Waals surface area (Å²) < 4.78 is 1.89. The van der Waals surface area contributed by atoms with E-state index < -0.39 is 0 Å². The maximum absolute atomic E-state index is 4.68. The van der Waals surface area contributed by atoms with Gasteiger partial charge in [-0.05, 0) is 18.2 Å². The molecule has 0 spiro atoms. The van der Waals surface area contributed by atoms with E-state index in [4.69, 9.17) is 0 Å². The number of nitrogens with zero attached hydrogens (tertiary/aromatic N) is 2. The summed E-state index contributed by atoms with van der Waals surface area (Å²) in [7, 11) is 0. The molecule has 2 nitrogen and oxygen atoms in total. The molecule has 0 fully saturated rings. The van der Waals surface area contributed by atoms with Crippen LogP contribution in [-0.4, -0.2) is 9.78 Å². The van der Waals surface area contributed by atoms with Crippen molar-refractivity contribution in [3.8, 4) is 16.9 Å². The third-order valence-corrected chi connectivity index (χ3v) is 3.13. The monoisotopic (exact) mass is 442 g/mol. The van der Waals surface area contributed by atoms with Crippen molar-refractivity contribution < 1.29 is 21.1 Å². The van der Waals surface area contributed by atoms with Crippen LogP contribution in [0.1, 0.15) is 11.1 Å². The summed E-state index contributed by atoms with van der Waals surface area (Å²) in [5.41, 5.74) is 5.52. The van der Waals surface area contributed by atoms with Crippen LogP contribution in [0.5, 0.6) is 0 Å². The van der Waals surface area contributed by atoms with Gasteiger partial charge in [0.2, 0.25) is 0 Å². The van der Waals surface area contributed by atoms with E-state index in [1.54, 1.807) is 0 Å². The van der Waals surface area contributed by atoms with Crippen molar-refractivity contribution in [2.24, 2.45) is 0 Å². The zero-order valence-electron chi connectivity index (χ0n) is 11.4. The van der Waals surface area contributed by atoms with Gasteiger partial charge in [0.15, 0.2) is 0 Å². The van der Waals surface area contributed by atoms with Gasteiger partial charge in [-0.15, -0.1) is 6.07 Å². The molecule has 3 heteroatoms. The van der Waals surface area contributed by atoms with Crippen molar-refractivity contribution in [3.63, 3.8) is 0 Å². The summed E-state index contributed by atoms with van der Waals surface area (Å²) in [5, 5.41) is 4.68. The second-order valence-corrected chi connectivity index (χ2v) is 4.72. The number of hydrogen-bond acceptors (Lipinski definition) is 1. The van der Waals surface area contributed by atoms with Gasteiger partial charge in [-0.25, -0.2) is 0 Å². The molecule has 0 atom stereocenters. The van der Waals surface area contributed by atoms with Gasteiger partial charge in [-0.2, -0.15) is 28.9 Å². The van der Waals surface area contributed by atoms with Crippen molar-refractivity contribution in [1.29, 1.82) is 0 Å². The molecule has 20 heavy (non-hydrogen) atoms. The summed E-state index contributed by atoms with van der Waals surface area (Å²) in [4.78, 5) is 0. The molecule has 0 unspecified atom stereocenters. The molecule has 0 bridgehead atoms. The fourth-order valence-electron chi connectivity index (χ4n) is 2.16. The number of aromatic nitrogens is 2. The smallest absolute Gasteiger partial charge is 0.0955 e. The maximum atomic E-state index is 4.68. The van der Waals surface area contributed by atoms with E-state index in [9.17, 15) is 0 Å². The minimum absolute atomic E-state index is 0. The molecule has 0 aliphatic rings. The number of benzene rings is 2. The van der Waals surface area contributed by atoms with Gasteiger partial charge in [0, 0.05) is 32.8 Å². The zero-order valence-corrected chi connectivity index (χ0v) is 13.7. The Morgan fingerprint density at radius 3 is 2.50 bits per heavy atom. The van der Waals surface area contributed by atoms with Gasteiger partial charge in [0.05, 0.1) is 5.69 Å². The molecule has 104 valence electrons. The molecule has 0 aliphatic heterocycles. The number of hydrogen-bond donors (Lipinski definition) is 0. The van der Waals surface area contributed by atoms with E-state index in [2.05, 4.69) is 43.2 Å². The molecule has 0 aliphatic carbocycles. The van der Waals surface area contributed by atoms with Crippen LogP contribution < -0.4 is 0 Å². The topological polar surface area (TPSA) is 17.8 Å². The van der Waals surface area contributed by atoms with E-state index >= 15 is 0 Å². The normalized spacial score (nSPS) is 10.1. The van der Waals surface area contributed by atoms with E-state index in [0.717, 1.165) is 16.9 Å². The summed E-state index contributed by atoms with van der Waals surface area (Å²) in [6, 6.07) is 19.5. The molecule has 0 saturated carbocycles. The van der Waals surface area contributed by atoms with Gasteiger partial charge in [0.1, 0.15) is 0 Å². The first-order valence-corrected chi connectivity index (χ1v) is 6.34. The van der Waals surface area contributed by atoms with Gasteiger partial charge in [-0.3, -0.25) is 4.68 Å². The molecule has 0 N–H and O–H groups in total. The van der Waals surface area contributed by atoms with E-state index in [1.807, 2.05) is 41.2 Å². The molecular formula is C17H15N2Pt-. The third kappa shape index (κ3) is 2.91. The summed E-state index contributed by atoms with van der Waals surface area (Å²) in [5.74, 6) is 0. The summed E-state index contributed by atoms with van der Waals surface area (Å²) >= 11 is 0. The summed E-state index contributed by atoms with van der Waals surface area (Å²) in [6.45, 7) is 4.16. The Kier molecular flexibility index (Phi) is 4.56. The first-order chi connectivity index (χ1) is 9.24. The maximum Gasteiger partial charge on any atom is 0.0955 e. The van der Waals surface area contributed by atoms with Crippen LogP contribution in [-0.2, 0) is 21.1 Å². The Bertz CT molecular complexity index is 702. The van der Waals surface area contributed by atoms with Crippen molar-refractivity contribution in [3.05, 3.63) is 71.9 Å². The average molecular weight is 442 g/mol. The van der Waals surface area contributed by atoms with Crippen molar-refractivity contribution in [2.75, 3.05) is 0 Å².